The van der Waals surface area contributed by atoms with E-state index in [1.54, 1.807) is 24.3 Å². The van der Waals surface area contributed by atoms with E-state index in [1.165, 1.54) is 19.1 Å². The normalized spacial score (nSPS) is 11.0. The van der Waals surface area contributed by atoms with Crippen LogP contribution in [0.5, 0.6) is 0 Å². The molecule has 1 aromatic carbocycles. The highest BCUT2D eigenvalue weighted by atomic mass is 16.5. The molecule has 0 aliphatic rings. The third-order valence-corrected chi connectivity index (χ3v) is 3.48. The minimum Gasteiger partial charge on any atom is -0.469 e. The molecule has 1 atom stereocenters. The molecule has 0 aliphatic heterocycles. The summed E-state index contributed by atoms with van der Waals surface area (Å²) in [4.78, 5) is 39.8. The Labute approximate surface area is 145 Å². The van der Waals surface area contributed by atoms with Gasteiger partial charge in [-0.05, 0) is 17.5 Å². The molecular weight excluding hydrogens is 328 g/mol. The largest absolute Gasteiger partial charge is 0.469 e. The van der Waals surface area contributed by atoms with Crippen LogP contribution in [-0.4, -0.2) is 49.6 Å². The second kappa shape index (κ2) is 10.7. The van der Waals surface area contributed by atoms with Gasteiger partial charge in [0, 0.05) is 17.9 Å². The van der Waals surface area contributed by atoms with E-state index in [9.17, 15) is 14.4 Å². The highest BCUT2D eigenvalue weighted by Crippen LogP contribution is 2.15. The molecule has 0 spiro atoms. The molecule has 9 nitrogen and oxygen atoms in total. The molecular formula is C16H20N4O5. The molecule has 1 aromatic rings. The summed E-state index contributed by atoms with van der Waals surface area (Å²) in [6, 6.07) is 8.01. The monoisotopic (exact) mass is 348 g/mol. The summed E-state index contributed by atoms with van der Waals surface area (Å²) in [5.41, 5.74) is 9.20. The summed E-state index contributed by atoms with van der Waals surface area (Å²) < 4.78 is 9.34. The Balaban J connectivity index is 3.07. The Hall–Kier alpha value is -3.06. The molecule has 0 bridgehead atoms. The summed E-state index contributed by atoms with van der Waals surface area (Å²) >= 11 is 0. The van der Waals surface area contributed by atoms with Crippen molar-refractivity contribution in [2.75, 3.05) is 20.8 Å². The lowest BCUT2D eigenvalue weighted by Gasteiger charge is -2.29. The Morgan fingerprint density at radius 2 is 1.88 bits per heavy atom. The standard InChI is InChI=1S/C16H20N4O5/c1-24-15(22)9-8-13(16(23)25-2)20(14(21)10-18-19-17)11-12-6-4-3-5-7-12/h3-7,13H,8-11H2,1-2H3/t13-/m0/s1. The first-order valence-corrected chi connectivity index (χ1v) is 7.52. The summed E-state index contributed by atoms with van der Waals surface area (Å²) in [5.74, 6) is -1.70. The topological polar surface area (TPSA) is 122 Å². The van der Waals surface area contributed by atoms with Crippen LogP contribution in [0.1, 0.15) is 18.4 Å². The van der Waals surface area contributed by atoms with Gasteiger partial charge in [0.15, 0.2) is 0 Å². The molecule has 0 saturated heterocycles. The predicted octanol–water partition coefficient (Wildman–Crippen LogP) is 1.82. The number of amides is 1. The molecule has 0 radical (unpaired) electrons. The van der Waals surface area contributed by atoms with E-state index >= 15 is 0 Å². The number of hydrogen-bond donors (Lipinski definition) is 0. The quantitative estimate of drug-likeness (QED) is 0.291. The van der Waals surface area contributed by atoms with Crippen LogP contribution < -0.4 is 0 Å². The Morgan fingerprint density at radius 1 is 1.20 bits per heavy atom. The van der Waals surface area contributed by atoms with Gasteiger partial charge in [0.1, 0.15) is 12.6 Å². The molecule has 25 heavy (non-hydrogen) atoms. The first-order chi connectivity index (χ1) is 12.0. The zero-order valence-corrected chi connectivity index (χ0v) is 14.1. The van der Waals surface area contributed by atoms with Gasteiger partial charge in [-0.25, -0.2) is 4.79 Å². The maximum Gasteiger partial charge on any atom is 0.328 e. The minimum absolute atomic E-state index is 0.0359. The summed E-state index contributed by atoms with van der Waals surface area (Å²) in [5, 5.41) is 3.26. The van der Waals surface area contributed by atoms with Gasteiger partial charge in [0.25, 0.3) is 0 Å². The van der Waals surface area contributed by atoms with E-state index < -0.39 is 30.4 Å². The fourth-order valence-electron chi connectivity index (χ4n) is 2.23. The number of azide groups is 1. The summed E-state index contributed by atoms with van der Waals surface area (Å²) in [6.07, 6.45) is -0.0233. The van der Waals surface area contributed by atoms with Crippen molar-refractivity contribution >= 4 is 17.8 Å². The molecule has 0 aromatic heterocycles. The molecule has 0 N–H and O–H groups in total. The molecule has 1 amide bonds. The fraction of sp³-hybridized carbons (Fsp3) is 0.438. The van der Waals surface area contributed by atoms with Crippen LogP contribution in [-0.2, 0) is 30.4 Å². The van der Waals surface area contributed by atoms with Crippen molar-refractivity contribution < 1.29 is 23.9 Å². The molecule has 0 aliphatic carbocycles. The Bertz CT molecular complexity index is 643. The zero-order valence-electron chi connectivity index (χ0n) is 14.1. The maximum absolute atomic E-state index is 12.4. The van der Waals surface area contributed by atoms with Crippen molar-refractivity contribution in [2.24, 2.45) is 5.11 Å². The molecule has 134 valence electrons. The van der Waals surface area contributed by atoms with Crippen molar-refractivity contribution in [2.45, 2.75) is 25.4 Å². The van der Waals surface area contributed by atoms with Crippen LogP contribution >= 0.6 is 0 Å². The molecule has 1 rings (SSSR count). The number of nitrogens with zero attached hydrogens (tertiary/aromatic N) is 4. The van der Waals surface area contributed by atoms with Gasteiger partial charge in [-0.3, -0.25) is 9.59 Å². The second-order valence-electron chi connectivity index (χ2n) is 5.05. The van der Waals surface area contributed by atoms with Crippen LogP contribution in [0.2, 0.25) is 0 Å². The number of methoxy groups -OCH3 is 2. The predicted molar refractivity (Wildman–Crippen MR) is 88.1 cm³/mol. The molecule has 9 heteroatoms. The van der Waals surface area contributed by atoms with Crippen molar-refractivity contribution in [3.05, 3.63) is 46.3 Å². The SMILES string of the molecule is COC(=O)CC[C@@H](C(=O)OC)N(Cc1ccccc1)C(=O)CN=[N+]=[N-]. The smallest absolute Gasteiger partial charge is 0.328 e. The first kappa shape index (κ1) is 20.0. The third-order valence-electron chi connectivity index (χ3n) is 3.48. The first-order valence-electron chi connectivity index (χ1n) is 7.52. The lowest BCUT2D eigenvalue weighted by Crippen LogP contribution is -2.46. The van der Waals surface area contributed by atoms with Crippen molar-refractivity contribution in [3.8, 4) is 0 Å². The molecule has 0 saturated carbocycles. The fourth-order valence-corrected chi connectivity index (χ4v) is 2.23. The lowest BCUT2D eigenvalue weighted by atomic mass is 10.1. The maximum atomic E-state index is 12.4. The second-order valence-corrected chi connectivity index (χ2v) is 5.05. The Kier molecular flexibility index (Phi) is 8.53. The van der Waals surface area contributed by atoms with E-state index in [0.717, 1.165) is 5.56 Å². The number of esters is 2. The number of hydrogen-bond acceptors (Lipinski definition) is 6. The van der Waals surface area contributed by atoms with Crippen molar-refractivity contribution in [1.29, 1.82) is 0 Å². The highest BCUT2D eigenvalue weighted by molar-refractivity contribution is 5.86. The average molecular weight is 348 g/mol. The molecule has 0 fully saturated rings. The minimum atomic E-state index is -0.995. The van der Waals surface area contributed by atoms with Crippen LogP contribution in [0, 0.1) is 0 Å². The molecule has 0 unspecified atom stereocenters. The van der Waals surface area contributed by atoms with E-state index in [4.69, 9.17) is 10.3 Å². The van der Waals surface area contributed by atoms with Gasteiger partial charge in [-0.1, -0.05) is 35.4 Å². The third kappa shape index (κ3) is 6.52. The zero-order chi connectivity index (χ0) is 18.7. The van der Waals surface area contributed by atoms with Gasteiger partial charge in [0.05, 0.1) is 14.2 Å². The Morgan fingerprint density at radius 3 is 2.44 bits per heavy atom. The highest BCUT2D eigenvalue weighted by Gasteiger charge is 2.31. The van der Waals surface area contributed by atoms with Crippen LogP contribution in [0.25, 0.3) is 10.4 Å². The summed E-state index contributed by atoms with van der Waals surface area (Å²) in [6.45, 7) is -0.323. The van der Waals surface area contributed by atoms with Gasteiger partial charge in [0.2, 0.25) is 5.91 Å². The van der Waals surface area contributed by atoms with E-state index in [1.807, 2.05) is 6.07 Å². The van der Waals surface area contributed by atoms with E-state index in [0.29, 0.717) is 0 Å². The number of carbonyl (C=O) groups is 3. The van der Waals surface area contributed by atoms with Gasteiger partial charge < -0.3 is 14.4 Å². The van der Waals surface area contributed by atoms with Crippen LogP contribution in [0.15, 0.2) is 35.4 Å². The summed E-state index contributed by atoms with van der Waals surface area (Å²) in [7, 11) is 2.44. The van der Waals surface area contributed by atoms with Crippen LogP contribution in [0.3, 0.4) is 0 Å². The average Bonchev–Trinajstić information content (AvgIpc) is 2.65. The van der Waals surface area contributed by atoms with Gasteiger partial charge >= 0.3 is 11.9 Å². The van der Waals surface area contributed by atoms with Gasteiger partial charge in [-0.15, -0.1) is 0 Å². The number of ether oxygens (including phenoxy) is 2. The number of carbonyl (C=O) groups excluding carboxylic acids is 3. The van der Waals surface area contributed by atoms with E-state index in [-0.39, 0.29) is 19.4 Å². The van der Waals surface area contributed by atoms with Crippen LogP contribution in [0.4, 0.5) is 0 Å². The van der Waals surface area contributed by atoms with Crippen molar-refractivity contribution in [3.63, 3.8) is 0 Å². The van der Waals surface area contributed by atoms with Crippen molar-refractivity contribution in [1.82, 2.24) is 4.90 Å². The lowest BCUT2D eigenvalue weighted by molar-refractivity contribution is -0.154. The van der Waals surface area contributed by atoms with E-state index in [2.05, 4.69) is 14.8 Å². The number of rotatable bonds is 9. The molecule has 0 heterocycles. The number of benzene rings is 1. The van der Waals surface area contributed by atoms with Gasteiger partial charge in [-0.2, -0.15) is 0 Å².